The Labute approximate surface area is 223 Å². The molecule has 1 heterocycles. The Morgan fingerprint density at radius 2 is 1.55 bits per heavy atom. The minimum Gasteiger partial charge on any atom is -0.493 e. The van der Waals surface area contributed by atoms with Crippen molar-refractivity contribution in [3.05, 3.63) is 136 Å². The number of nitrogens with zero attached hydrogens (tertiary/aromatic N) is 1. The first-order valence-corrected chi connectivity index (χ1v) is 13.3. The average molecular weight is 508 g/mol. The van der Waals surface area contributed by atoms with Crippen LogP contribution in [-0.2, 0) is 17.8 Å². The summed E-state index contributed by atoms with van der Waals surface area (Å²) in [5.41, 5.74) is 4.41. The van der Waals surface area contributed by atoms with Crippen LogP contribution >= 0.6 is 0 Å². The SMILES string of the molecule is O=C(O)CC1(COc2cccc(CCCn3cc(C(c4ccccc4)c4ccccc4)ccc3=O)c2)CC1. The number of carboxylic acid groups (broad SMARTS) is 1. The second kappa shape index (κ2) is 11.5. The first-order valence-electron chi connectivity index (χ1n) is 13.3. The highest BCUT2D eigenvalue weighted by Gasteiger charge is 2.45. The maximum Gasteiger partial charge on any atom is 0.304 e. The van der Waals surface area contributed by atoms with Crippen LogP contribution in [0.2, 0.25) is 0 Å². The topological polar surface area (TPSA) is 68.5 Å². The molecule has 194 valence electrons. The fraction of sp³-hybridized carbons (Fsp3) is 0.273. The van der Waals surface area contributed by atoms with Crippen LogP contribution in [-0.4, -0.2) is 22.2 Å². The lowest BCUT2D eigenvalue weighted by Gasteiger charge is -2.20. The van der Waals surface area contributed by atoms with E-state index in [0.717, 1.165) is 42.6 Å². The van der Waals surface area contributed by atoms with Crippen LogP contribution < -0.4 is 10.3 Å². The maximum atomic E-state index is 12.7. The lowest BCUT2D eigenvalue weighted by Crippen LogP contribution is -2.20. The number of pyridine rings is 1. The van der Waals surface area contributed by atoms with E-state index in [0.29, 0.717) is 13.2 Å². The normalized spacial score (nSPS) is 13.8. The van der Waals surface area contributed by atoms with E-state index in [1.54, 1.807) is 6.07 Å². The molecule has 5 heteroatoms. The fourth-order valence-electron chi connectivity index (χ4n) is 5.11. The Balaban J connectivity index is 1.26. The minimum absolute atomic E-state index is 0.00105. The lowest BCUT2D eigenvalue weighted by atomic mass is 9.86. The molecule has 0 spiro atoms. The molecule has 1 aliphatic rings. The van der Waals surface area contributed by atoms with Crippen molar-refractivity contribution < 1.29 is 14.6 Å². The van der Waals surface area contributed by atoms with E-state index in [1.807, 2.05) is 47.2 Å². The van der Waals surface area contributed by atoms with Gasteiger partial charge in [-0.3, -0.25) is 9.59 Å². The molecule has 0 aliphatic heterocycles. The van der Waals surface area contributed by atoms with Crippen molar-refractivity contribution in [2.75, 3.05) is 6.61 Å². The first kappa shape index (κ1) is 25.5. The number of hydrogen-bond acceptors (Lipinski definition) is 3. The molecular formula is C33H33NO4. The van der Waals surface area contributed by atoms with Gasteiger partial charge in [0.25, 0.3) is 5.56 Å². The maximum absolute atomic E-state index is 12.7. The monoisotopic (exact) mass is 507 g/mol. The van der Waals surface area contributed by atoms with Gasteiger partial charge in [-0.2, -0.15) is 0 Å². The van der Waals surface area contributed by atoms with Crippen molar-refractivity contribution >= 4 is 5.97 Å². The molecule has 1 N–H and O–H groups in total. The first-order chi connectivity index (χ1) is 18.5. The summed E-state index contributed by atoms with van der Waals surface area (Å²) in [6.07, 6.45) is 5.61. The summed E-state index contributed by atoms with van der Waals surface area (Å²) in [4.78, 5) is 23.8. The zero-order valence-electron chi connectivity index (χ0n) is 21.5. The van der Waals surface area contributed by atoms with Crippen molar-refractivity contribution in [3.8, 4) is 5.75 Å². The number of aromatic nitrogens is 1. The largest absolute Gasteiger partial charge is 0.493 e. The smallest absolute Gasteiger partial charge is 0.304 e. The third kappa shape index (κ3) is 6.41. The highest BCUT2D eigenvalue weighted by Crippen LogP contribution is 2.49. The van der Waals surface area contributed by atoms with Gasteiger partial charge in [0, 0.05) is 30.1 Å². The molecule has 5 nitrogen and oxygen atoms in total. The second-order valence-corrected chi connectivity index (χ2v) is 10.4. The fourth-order valence-corrected chi connectivity index (χ4v) is 5.11. The van der Waals surface area contributed by atoms with Gasteiger partial charge in [0.2, 0.25) is 0 Å². The number of aryl methyl sites for hydroxylation is 2. The van der Waals surface area contributed by atoms with Gasteiger partial charge in [0.15, 0.2) is 0 Å². The Kier molecular flexibility index (Phi) is 7.73. The molecule has 1 saturated carbocycles. The molecule has 0 radical (unpaired) electrons. The number of carbonyl (C=O) groups is 1. The van der Waals surface area contributed by atoms with Crippen molar-refractivity contribution in [2.45, 2.75) is 44.6 Å². The Hall–Kier alpha value is -4.12. The third-order valence-electron chi connectivity index (χ3n) is 7.40. The van der Waals surface area contributed by atoms with Gasteiger partial charge in [-0.1, -0.05) is 78.9 Å². The molecule has 5 rings (SSSR count). The number of aliphatic carboxylic acids is 1. The van der Waals surface area contributed by atoms with Gasteiger partial charge in [-0.15, -0.1) is 0 Å². The highest BCUT2D eigenvalue weighted by molar-refractivity contribution is 5.68. The van der Waals surface area contributed by atoms with Crippen LogP contribution in [0.25, 0.3) is 0 Å². The standard InChI is InChI=1S/C33H33NO4/c35-30-17-16-28(32(26-11-3-1-4-12-26)27-13-5-2-6-14-27)23-34(30)20-8-10-25-9-7-15-29(21-25)38-24-33(18-19-33)22-31(36)37/h1-7,9,11-17,21,23,32H,8,10,18-20,22,24H2,(H,36,37). The molecule has 1 aliphatic carbocycles. The molecule has 38 heavy (non-hydrogen) atoms. The number of hydrogen-bond donors (Lipinski definition) is 1. The molecule has 0 amide bonds. The molecule has 0 unspecified atom stereocenters. The van der Waals surface area contributed by atoms with Gasteiger partial charge in [0.05, 0.1) is 13.0 Å². The quantitative estimate of drug-likeness (QED) is 0.245. The predicted octanol–water partition coefficient (Wildman–Crippen LogP) is 6.30. The van der Waals surface area contributed by atoms with E-state index >= 15 is 0 Å². The number of carboxylic acids is 1. The Bertz CT molecular complexity index is 1380. The predicted molar refractivity (Wildman–Crippen MR) is 149 cm³/mol. The van der Waals surface area contributed by atoms with Gasteiger partial charge >= 0.3 is 5.97 Å². The zero-order valence-corrected chi connectivity index (χ0v) is 21.5. The number of ether oxygens (including phenoxy) is 1. The zero-order chi connectivity index (χ0) is 26.4. The van der Waals surface area contributed by atoms with Gasteiger partial charge < -0.3 is 14.4 Å². The van der Waals surface area contributed by atoms with Gasteiger partial charge in [-0.05, 0) is 60.1 Å². The summed E-state index contributed by atoms with van der Waals surface area (Å²) in [6.45, 7) is 1.06. The van der Waals surface area contributed by atoms with E-state index in [9.17, 15) is 9.59 Å². The van der Waals surface area contributed by atoms with Crippen molar-refractivity contribution in [2.24, 2.45) is 5.41 Å². The molecule has 0 atom stereocenters. The van der Waals surface area contributed by atoms with Crippen LogP contribution in [0.15, 0.2) is 108 Å². The highest BCUT2D eigenvalue weighted by atomic mass is 16.5. The second-order valence-electron chi connectivity index (χ2n) is 10.4. The number of benzene rings is 3. The summed E-state index contributed by atoms with van der Waals surface area (Å²) >= 11 is 0. The van der Waals surface area contributed by atoms with Crippen molar-refractivity contribution in [1.82, 2.24) is 4.57 Å². The Morgan fingerprint density at radius 1 is 0.868 bits per heavy atom. The molecule has 1 aromatic heterocycles. The van der Waals surface area contributed by atoms with E-state index < -0.39 is 5.97 Å². The summed E-state index contributed by atoms with van der Waals surface area (Å²) in [5.74, 6) is 0.0545. The molecule has 1 fully saturated rings. The van der Waals surface area contributed by atoms with Gasteiger partial charge in [0.1, 0.15) is 5.75 Å². The van der Waals surface area contributed by atoms with Crippen LogP contribution in [0, 0.1) is 5.41 Å². The summed E-state index contributed by atoms with van der Waals surface area (Å²) in [5, 5.41) is 9.12. The van der Waals surface area contributed by atoms with Gasteiger partial charge in [-0.25, -0.2) is 0 Å². The van der Waals surface area contributed by atoms with Crippen LogP contribution in [0.1, 0.15) is 53.9 Å². The summed E-state index contributed by atoms with van der Waals surface area (Å²) < 4.78 is 7.78. The number of rotatable bonds is 12. The molecule has 0 bridgehead atoms. The van der Waals surface area contributed by atoms with Crippen LogP contribution in [0.3, 0.4) is 0 Å². The van der Waals surface area contributed by atoms with E-state index in [2.05, 4.69) is 54.6 Å². The summed E-state index contributed by atoms with van der Waals surface area (Å²) in [6, 6.07) is 32.4. The van der Waals surface area contributed by atoms with Crippen LogP contribution in [0.5, 0.6) is 5.75 Å². The van der Waals surface area contributed by atoms with Crippen LogP contribution in [0.4, 0.5) is 0 Å². The molecular weight excluding hydrogens is 474 g/mol. The molecule has 3 aromatic carbocycles. The average Bonchev–Trinajstić information content (AvgIpc) is 3.69. The third-order valence-corrected chi connectivity index (χ3v) is 7.40. The van der Waals surface area contributed by atoms with E-state index in [-0.39, 0.29) is 23.3 Å². The van der Waals surface area contributed by atoms with E-state index in [4.69, 9.17) is 9.84 Å². The lowest BCUT2D eigenvalue weighted by molar-refractivity contribution is -0.138. The molecule has 4 aromatic rings. The van der Waals surface area contributed by atoms with Crippen molar-refractivity contribution in [1.29, 1.82) is 0 Å². The van der Waals surface area contributed by atoms with Crippen molar-refractivity contribution in [3.63, 3.8) is 0 Å². The Morgan fingerprint density at radius 3 is 2.18 bits per heavy atom. The van der Waals surface area contributed by atoms with E-state index in [1.165, 1.54) is 11.1 Å². The summed E-state index contributed by atoms with van der Waals surface area (Å²) in [7, 11) is 0. The molecule has 0 saturated heterocycles. The minimum atomic E-state index is -0.766.